The molecule has 0 unspecified atom stereocenters. The maximum absolute atomic E-state index is 12.5. The predicted octanol–water partition coefficient (Wildman–Crippen LogP) is 2.30. The van der Waals surface area contributed by atoms with Crippen molar-refractivity contribution in [1.29, 1.82) is 0 Å². The lowest BCUT2D eigenvalue weighted by Gasteiger charge is -2.09. The van der Waals surface area contributed by atoms with Crippen molar-refractivity contribution in [1.82, 2.24) is 9.55 Å². The van der Waals surface area contributed by atoms with Gasteiger partial charge in [0.25, 0.3) is 5.91 Å². The van der Waals surface area contributed by atoms with Crippen molar-refractivity contribution in [3.05, 3.63) is 71.7 Å². The largest absolute Gasteiger partial charge is 0.493 e. The van der Waals surface area contributed by atoms with Gasteiger partial charge < -0.3 is 25.1 Å². The van der Waals surface area contributed by atoms with Crippen molar-refractivity contribution in [3.8, 4) is 11.5 Å². The summed E-state index contributed by atoms with van der Waals surface area (Å²) in [4.78, 5) is 27.9. The molecule has 0 fully saturated rings. The number of imidazole rings is 1. The van der Waals surface area contributed by atoms with Gasteiger partial charge in [-0.05, 0) is 35.9 Å². The number of nitrogens with two attached hydrogens (primary N) is 1. The average molecular weight is 380 g/mol. The fourth-order valence-corrected chi connectivity index (χ4v) is 2.71. The third-order valence-corrected chi connectivity index (χ3v) is 4.10. The monoisotopic (exact) mass is 380 g/mol. The number of methoxy groups -OCH3 is 2. The number of carbonyl (C=O) groups is 2. The molecule has 28 heavy (non-hydrogen) atoms. The number of rotatable bonds is 7. The number of amides is 2. The molecule has 1 aromatic heterocycles. The molecule has 0 aliphatic heterocycles. The maximum Gasteiger partial charge on any atom is 0.256 e. The molecule has 2 amide bonds. The van der Waals surface area contributed by atoms with Crippen LogP contribution in [-0.2, 0) is 6.54 Å². The summed E-state index contributed by atoms with van der Waals surface area (Å²) in [6, 6.07) is 11.9. The van der Waals surface area contributed by atoms with Gasteiger partial charge in [-0.15, -0.1) is 0 Å². The Morgan fingerprint density at radius 3 is 2.57 bits per heavy atom. The summed E-state index contributed by atoms with van der Waals surface area (Å²) < 4.78 is 12.2. The Bertz CT molecular complexity index is 1010. The summed E-state index contributed by atoms with van der Waals surface area (Å²) >= 11 is 0. The average Bonchev–Trinajstić information content (AvgIpc) is 3.14. The van der Waals surface area contributed by atoms with Crippen molar-refractivity contribution < 1.29 is 19.1 Å². The van der Waals surface area contributed by atoms with Gasteiger partial charge in [-0.1, -0.05) is 12.1 Å². The summed E-state index contributed by atoms with van der Waals surface area (Å²) in [6.07, 6.45) is 3.30. The number of anilines is 1. The van der Waals surface area contributed by atoms with Crippen molar-refractivity contribution in [3.63, 3.8) is 0 Å². The number of hydrogen-bond acceptors (Lipinski definition) is 5. The zero-order valence-electron chi connectivity index (χ0n) is 15.5. The summed E-state index contributed by atoms with van der Waals surface area (Å²) in [5.74, 6) is 0.625. The van der Waals surface area contributed by atoms with Crippen LogP contribution in [0.5, 0.6) is 11.5 Å². The molecule has 8 nitrogen and oxygen atoms in total. The smallest absolute Gasteiger partial charge is 0.256 e. The first-order chi connectivity index (χ1) is 13.5. The standard InChI is InChI=1S/C20H20N4O4/c1-27-16-7-6-15(9-17(16)28-2)20(26)23-18-11-24(12-22-18)10-13-4-3-5-14(8-13)19(21)25/h3-9,11-12H,10H2,1-2H3,(H2,21,25)(H,23,26). The number of primary amides is 1. The number of hydrogen-bond donors (Lipinski definition) is 2. The highest BCUT2D eigenvalue weighted by atomic mass is 16.5. The fraction of sp³-hybridized carbons (Fsp3) is 0.150. The van der Waals surface area contributed by atoms with Gasteiger partial charge in [-0.25, -0.2) is 4.98 Å². The highest BCUT2D eigenvalue weighted by Crippen LogP contribution is 2.27. The molecule has 3 aromatic rings. The summed E-state index contributed by atoms with van der Waals surface area (Å²) in [5.41, 5.74) is 7.06. The molecule has 0 atom stereocenters. The van der Waals surface area contributed by atoms with Crippen LogP contribution in [0.3, 0.4) is 0 Å². The van der Waals surface area contributed by atoms with Crippen LogP contribution < -0.4 is 20.5 Å². The first-order valence-electron chi connectivity index (χ1n) is 8.44. The van der Waals surface area contributed by atoms with E-state index in [-0.39, 0.29) is 5.91 Å². The quantitative estimate of drug-likeness (QED) is 0.654. The van der Waals surface area contributed by atoms with Gasteiger partial charge in [0.15, 0.2) is 17.3 Å². The second-order valence-corrected chi connectivity index (χ2v) is 6.02. The molecule has 0 aliphatic rings. The zero-order valence-corrected chi connectivity index (χ0v) is 15.5. The Morgan fingerprint density at radius 1 is 1.07 bits per heavy atom. The number of ether oxygens (including phenoxy) is 2. The van der Waals surface area contributed by atoms with E-state index in [1.807, 2.05) is 6.07 Å². The Hall–Kier alpha value is -3.81. The first kappa shape index (κ1) is 19.0. The van der Waals surface area contributed by atoms with Crippen molar-refractivity contribution >= 4 is 17.6 Å². The highest BCUT2D eigenvalue weighted by Gasteiger charge is 2.12. The molecule has 0 aliphatic carbocycles. The Balaban J connectivity index is 1.70. The topological polar surface area (TPSA) is 108 Å². The highest BCUT2D eigenvalue weighted by molar-refractivity contribution is 6.04. The van der Waals surface area contributed by atoms with Crippen molar-refractivity contribution in [2.75, 3.05) is 19.5 Å². The van der Waals surface area contributed by atoms with E-state index >= 15 is 0 Å². The number of aromatic nitrogens is 2. The number of benzene rings is 2. The molecule has 0 bridgehead atoms. The minimum atomic E-state index is -0.477. The molecule has 0 spiro atoms. The summed E-state index contributed by atoms with van der Waals surface area (Å²) in [6.45, 7) is 0.486. The fourth-order valence-electron chi connectivity index (χ4n) is 2.71. The number of nitrogens with one attached hydrogen (secondary N) is 1. The molecule has 0 saturated heterocycles. The SMILES string of the molecule is COc1ccc(C(=O)Nc2cn(Cc3cccc(C(N)=O)c3)cn2)cc1OC. The van der Waals surface area contributed by atoms with E-state index in [2.05, 4.69) is 10.3 Å². The Morgan fingerprint density at radius 2 is 1.86 bits per heavy atom. The molecule has 3 rings (SSSR count). The van der Waals surface area contributed by atoms with Crippen LogP contribution in [-0.4, -0.2) is 35.6 Å². The van der Waals surface area contributed by atoms with Crippen molar-refractivity contribution in [2.45, 2.75) is 6.54 Å². The van der Waals surface area contributed by atoms with Crippen LogP contribution in [0.2, 0.25) is 0 Å². The molecule has 0 saturated carbocycles. The molecular weight excluding hydrogens is 360 g/mol. The lowest BCUT2D eigenvalue weighted by Crippen LogP contribution is -2.12. The zero-order chi connectivity index (χ0) is 20.1. The van der Waals surface area contributed by atoms with E-state index in [1.165, 1.54) is 14.2 Å². The second kappa shape index (κ2) is 8.26. The van der Waals surface area contributed by atoms with Gasteiger partial charge in [0.2, 0.25) is 5.91 Å². The molecule has 3 N–H and O–H groups in total. The minimum absolute atomic E-state index is 0.318. The molecular formula is C20H20N4O4. The third kappa shape index (κ3) is 4.29. The summed E-state index contributed by atoms with van der Waals surface area (Å²) in [5, 5.41) is 2.74. The van der Waals surface area contributed by atoms with Gasteiger partial charge in [-0.3, -0.25) is 9.59 Å². The van der Waals surface area contributed by atoms with Crippen LogP contribution >= 0.6 is 0 Å². The number of nitrogens with zero attached hydrogens (tertiary/aromatic N) is 2. The van der Waals surface area contributed by atoms with Gasteiger partial charge >= 0.3 is 0 Å². The minimum Gasteiger partial charge on any atom is -0.493 e. The van der Waals surface area contributed by atoms with Crippen LogP contribution in [0.25, 0.3) is 0 Å². The second-order valence-electron chi connectivity index (χ2n) is 6.02. The van der Waals surface area contributed by atoms with Crippen LogP contribution in [0, 0.1) is 0 Å². The Kier molecular flexibility index (Phi) is 5.59. The lowest BCUT2D eigenvalue weighted by atomic mass is 10.1. The van der Waals surface area contributed by atoms with E-state index in [0.717, 1.165) is 5.56 Å². The molecule has 8 heteroatoms. The van der Waals surface area contributed by atoms with Crippen molar-refractivity contribution in [2.24, 2.45) is 5.73 Å². The van der Waals surface area contributed by atoms with E-state index < -0.39 is 5.91 Å². The Labute approximate surface area is 161 Å². The van der Waals surface area contributed by atoms with E-state index in [1.54, 1.807) is 53.5 Å². The van der Waals surface area contributed by atoms with E-state index in [0.29, 0.717) is 35.0 Å². The molecule has 2 aromatic carbocycles. The first-order valence-corrected chi connectivity index (χ1v) is 8.44. The van der Waals surface area contributed by atoms with Gasteiger partial charge in [-0.2, -0.15) is 0 Å². The molecule has 1 heterocycles. The van der Waals surface area contributed by atoms with E-state index in [9.17, 15) is 9.59 Å². The van der Waals surface area contributed by atoms with Crippen LogP contribution in [0.15, 0.2) is 55.0 Å². The van der Waals surface area contributed by atoms with E-state index in [4.69, 9.17) is 15.2 Å². The number of carbonyl (C=O) groups excluding carboxylic acids is 2. The lowest BCUT2D eigenvalue weighted by molar-refractivity contribution is 0.0997. The molecule has 0 radical (unpaired) electrons. The molecule has 144 valence electrons. The third-order valence-electron chi connectivity index (χ3n) is 4.10. The van der Waals surface area contributed by atoms with Gasteiger partial charge in [0, 0.05) is 23.9 Å². The van der Waals surface area contributed by atoms with Crippen LogP contribution in [0.1, 0.15) is 26.3 Å². The maximum atomic E-state index is 12.5. The predicted molar refractivity (Wildman–Crippen MR) is 104 cm³/mol. The van der Waals surface area contributed by atoms with Gasteiger partial charge in [0.05, 0.1) is 20.5 Å². The van der Waals surface area contributed by atoms with Crippen LogP contribution in [0.4, 0.5) is 5.82 Å². The summed E-state index contributed by atoms with van der Waals surface area (Å²) in [7, 11) is 3.04. The van der Waals surface area contributed by atoms with Gasteiger partial charge in [0.1, 0.15) is 0 Å². The normalized spacial score (nSPS) is 10.4.